The van der Waals surface area contributed by atoms with Crippen LogP contribution in [-0.4, -0.2) is 60.7 Å². The number of guanidine groups is 1. The molecule has 2 rings (SSSR count). The number of hydrogen-bond acceptors (Lipinski definition) is 5. The predicted octanol–water partition coefficient (Wildman–Crippen LogP) is -1.10. The van der Waals surface area contributed by atoms with Crippen LogP contribution in [0.5, 0.6) is 0 Å². The minimum atomic E-state index is -0.977. The van der Waals surface area contributed by atoms with E-state index in [1.165, 1.54) is 0 Å². The number of hydrogen-bond donors (Lipinski definition) is 2. The quantitative estimate of drug-likeness (QED) is 0.640. The Hall–Kier alpha value is -1.63. The van der Waals surface area contributed by atoms with Crippen molar-refractivity contribution in [1.82, 2.24) is 10.2 Å². The molecular formula is C10H15N3O4. The lowest BCUT2D eigenvalue weighted by molar-refractivity contribution is -0.140. The molecule has 2 aliphatic rings. The first-order valence-electron chi connectivity index (χ1n) is 5.56. The Bertz CT molecular complexity index is 349. The number of aliphatic carboxylic acids is 1. The van der Waals surface area contributed by atoms with E-state index < -0.39 is 11.9 Å². The molecule has 1 fully saturated rings. The van der Waals surface area contributed by atoms with Gasteiger partial charge in [-0.25, -0.2) is 0 Å². The maximum absolute atomic E-state index is 11.7. The van der Waals surface area contributed by atoms with Crippen molar-refractivity contribution >= 4 is 17.8 Å². The molecule has 0 radical (unpaired) electrons. The van der Waals surface area contributed by atoms with E-state index in [4.69, 9.17) is 9.84 Å². The molecule has 1 saturated heterocycles. The molecule has 7 nitrogen and oxygen atoms in total. The fraction of sp³-hybridized carbons (Fsp3) is 0.700. The summed E-state index contributed by atoms with van der Waals surface area (Å²) in [6, 6.07) is 0. The summed E-state index contributed by atoms with van der Waals surface area (Å²) in [5.74, 6) is -1.25. The van der Waals surface area contributed by atoms with Crippen molar-refractivity contribution in [3.8, 4) is 0 Å². The van der Waals surface area contributed by atoms with E-state index in [-0.39, 0.29) is 18.9 Å². The highest BCUT2D eigenvalue weighted by Gasteiger charge is 2.28. The van der Waals surface area contributed by atoms with Gasteiger partial charge in [-0.1, -0.05) is 0 Å². The number of amides is 1. The Balaban J connectivity index is 1.96. The predicted molar refractivity (Wildman–Crippen MR) is 58.6 cm³/mol. The first-order chi connectivity index (χ1) is 8.16. The molecular weight excluding hydrogens is 226 g/mol. The topological polar surface area (TPSA) is 91.2 Å². The van der Waals surface area contributed by atoms with Crippen LogP contribution in [0.2, 0.25) is 0 Å². The van der Waals surface area contributed by atoms with Gasteiger partial charge in [-0.15, -0.1) is 0 Å². The van der Waals surface area contributed by atoms with Gasteiger partial charge in [0.1, 0.15) is 0 Å². The average molecular weight is 241 g/mol. The van der Waals surface area contributed by atoms with E-state index in [2.05, 4.69) is 10.3 Å². The molecule has 0 aromatic carbocycles. The van der Waals surface area contributed by atoms with Crippen molar-refractivity contribution in [2.75, 3.05) is 32.8 Å². The fourth-order valence-electron chi connectivity index (χ4n) is 1.85. The highest BCUT2D eigenvalue weighted by molar-refractivity contribution is 6.00. The molecule has 0 aliphatic carbocycles. The van der Waals surface area contributed by atoms with Crippen LogP contribution >= 0.6 is 0 Å². The summed E-state index contributed by atoms with van der Waals surface area (Å²) in [5.41, 5.74) is 0. The summed E-state index contributed by atoms with van der Waals surface area (Å²) in [5, 5.41) is 11.3. The Morgan fingerprint density at radius 3 is 2.82 bits per heavy atom. The maximum atomic E-state index is 11.7. The summed E-state index contributed by atoms with van der Waals surface area (Å²) in [7, 11) is 0. The molecule has 0 aromatic heterocycles. The van der Waals surface area contributed by atoms with Crippen LogP contribution in [0, 0.1) is 5.92 Å². The summed E-state index contributed by atoms with van der Waals surface area (Å²) in [6.45, 7) is 2.87. The molecule has 0 bridgehead atoms. The smallest absolute Gasteiger partial charge is 0.304 e. The van der Waals surface area contributed by atoms with Crippen LogP contribution in [0.4, 0.5) is 0 Å². The van der Waals surface area contributed by atoms with E-state index in [1.54, 1.807) is 0 Å². The van der Waals surface area contributed by atoms with Gasteiger partial charge in [-0.3, -0.25) is 19.9 Å². The highest BCUT2D eigenvalue weighted by atomic mass is 16.5. The Kier molecular flexibility index (Phi) is 3.58. The van der Waals surface area contributed by atoms with Gasteiger partial charge in [0.2, 0.25) is 11.9 Å². The van der Waals surface area contributed by atoms with Gasteiger partial charge in [0, 0.05) is 13.1 Å². The van der Waals surface area contributed by atoms with Crippen molar-refractivity contribution in [2.45, 2.75) is 6.42 Å². The number of ether oxygens (including phenoxy) is 1. The number of nitrogens with one attached hydrogen (secondary N) is 1. The van der Waals surface area contributed by atoms with Crippen LogP contribution in [-0.2, 0) is 14.3 Å². The van der Waals surface area contributed by atoms with Gasteiger partial charge in [0.15, 0.2) is 0 Å². The zero-order chi connectivity index (χ0) is 12.3. The van der Waals surface area contributed by atoms with Gasteiger partial charge in [0.05, 0.1) is 32.1 Å². The number of carbonyl (C=O) groups excluding carboxylic acids is 1. The minimum absolute atomic E-state index is 0.175. The highest BCUT2D eigenvalue weighted by Crippen LogP contribution is 2.10. The molecule has 2 N–H and O–H groups in total. The number of aliphatic imine (C=N–C) groups is 1. The van der Waals surface area contributed by atoms with Crippen LogP contribution in [0.15, 0.2) is 4.99 Å². The Labute approximate surface area is 98.4 Å². The number of carboxylic acids is 1. The number of rotatable bonds is 2. The summed E-state index contributed by atoms with van der Waals surface area (Å²) in [4.78, 5) is 28.4. The number of nitrogens with zero attached hydrogens (tertiary/aromatic N) is 2. The lowest BCUT2D eigenvalue weighted by atomic mass is 10.0. The zero-order valence-electron chi connectivity index (χ0n) is 9.39. The Morgan fingerprint density at radius 2 is 2.24 bits per heavy atom. The number of morpholine rings is 1. The molecule has 1 atom stereocenters. The van der Waals surface area contributed by atoms with E-state index in [0.29, 0.717) is 32.3 Å². The van der Waals surface area contributed by atoms with Crippen molar-refractivity contribution in [3.63, 3.8) is 0 Å². The van der Waals surface area contributed by atoms with Crippen molar-refractivity contribution in [2.24, 2.45) is 10.9 Å². The van der Waals surface area contributed by atoms with Crippen LogP contribution in [0.1, 0.15) is 6.42 Å². The molecule has 2 aliphatic heterocycles. The standard InChI is InChI=1S/C10H15N3O4/c14-8(15)5-7-6-11-10(12-9(7)16)13-1-3-17-4-2-13/h7H,1-6H2,(H,14,15)(H,11,12,16)/t7-/m0/s1. The van der Waals surface area contributed by atoms with Crippen LogP contribution in [0.25, 0.3) is 0 Å². The van der Waals surface area contributed by atoms with Crippen LogP contribution < -0.4 is 5.32 Å². The second kappa shape index (κ2) is 5.13. The van der Waals surface area contributed by atoms with Gasteiger partial charge >= 0.3 is 5.97 Å². The average Bonchev–Trinajstić information content (AvgIpc) is 2.32. The second-order valence-corrected chi connectivity index (χ2v) is 4.05. The third-order valence-corrected chi connectivity index (χ3v) is 2.80. The molecule has 7 heteroatoms. The fourth-order valence-corrected chi connectivity index (χ4v) is 1.85. The molecule has 2 heterocycles. The van der Waals surface area contributed by atoms with Crippen molar-refractivity contribution < 1.29 is 19.4 Å². The third kappa shape index (κ3) is 2.94. The van der Waals surface area contributed by atoms with E-state index in [1.807, 2.05) is 4.90 Å². The zero-order valence-corrected chi connectivity index (χ0v) is 9.39. The second-order valence-electron chi connectivity index (χ2n) is 4.05. The normalized spacial score (nSPS) is 25.2. The third-order valence-electron chi connectivity index (χ3n) is 2.80. The summed E-state index contributed by atoms with van der Waals surface area (Å²) < 4.78 is 5.20. The molecule has 94 valence electrons. The molecule has 17 heavy (non-hydrogen) atoms. The van der Waals surface area contributed by atoms with E-state index >= 15 is 0 Å². The Morgan fingerprint density at radius 1 is 1.53 bits per heavy atom. The van der Waals surface area contributed by atoms with Crippen LogP contribution in [0.3, 0.4) is 0 Å². The molecule has 1 amide bonds. The van der Waals surface area contributed by atoms with Crippen molar-refractivity contribution in [3.05, 3.63) is 0 Å². The van der Waals surface area contributed by atoms with E-state index in [9.17, 15) is 9.59 Å². The van der Waals surface area contributed by atoms with Crippen molar-refractivity contribution in [1.29, 1.82) is 0 Å². The largest absolute Gasteiger partial charge is 0.481 e. The first kappa shape index (κ1) is 11.8. The number of carboxylic acid groups (broad SMARTS) is 1. The van der Waals surface area contributed by atoms with Gasteiger partial charge in [0.25, 0.3) is 0 Å². The maximum Gasteiger partial charge on any atom is 0.304 e. The molecule has 0 saturated carbocycles. The lowest BCUT2D eigenvalue weighted by Gasteiger charge is -2.32. The summed E-state index contributed by atoms with van der Waals surface area (Å²) in [6.07, 6.45) is -0.175. The SMILES string of the molecule is O=C(O)C[C@H]1CN=C(N2CCOCC2)NC1=O. The number of carbonyl (C=O) groups is 2. The minimum Gasteiger partial charge on any atom is -0.481 e. The monoisotopic (exact) mass is 241 g/mol. The lowest BCUT2D eigenvalue weighted by Crippen LogP contribution is -2.53. The molecule has 0 unspecified atom stereocenters. The first-order valence-corrected chi connectivity index (χ1v) is 5.56. The molecule has 0 aromatic rings. The molecule has 0 spiro atoms. The summed E-state index contributed by atoms with van der Waals surface area (Å²) >= 11 is 0. The van der Waals surface area contributed by atoms with Gasteiger partial charge < -0.3 is 14.7 Å². The van der Waals surface area contributed by atoms with Gasteiger partial charge in [-0.2, -0.15) is 0 Å². The van der Waals surface area contributed by atoms with Gasteiger partial charge in [-0.05, 0) is 0 Å². The van der Waals surface area contributed by atoms with E-state index in [0.717, 1.165) is 0 Å².